The smallest absolute Gasteiger partial charge is 0.398 e. The predicted octanol–water partition coefficient (Wildman–Crippen LogP) is 4.15. The topological polar surface area (TPSA) is 93.1 Å². The number of aromatic nitrogens is 2. The first-order chi connectivity index (χ1) is 12.8. The molecular formula is C18H25Cl2F3N6. The molecular weight excluding hydrogens is 428 g/mol. The van der Waals surface area contributed by atoms with Crippen molar-refractivity contribution in [3.05, 3.63) is 35.5 Å². The van der Waals surface area contributed by atoms with Crippen LogP contribution in [-0.2, 0) is 12.6 Å². The lowest BCUT2D eigenvalue weighted by Crippen LogP contribution is -2.27. The van der Waals surface area contributed by atoms with Crippen molar-refractivity contribution >= 4 is 48.0 Å². The van der Waals surface area contributed by atoms with Crippen molar-refractivity contribution in [2.75, 3.05) is 29.0 Å². The van der Waals surface area contributed by atoms with E-state index in [1.165, 1.54) is 12.1 Å². The van der Waals surface area contributed by atoms with E-state index in [4.69, 9.17) is 11.5 Å². The molecule has 2 aromatic rings. The van der Waals surface area contributed by atoms with Gasteiger partial charge in [0.2, 0.25) is 5.95 Å². The Balaban J connectivity index is 0.00000210. The molecule has 3 rings (SSSR count). The molecule has 6 nitrogen and oxygen atoms in total. The van der Waals surface area contributed by atoms with Gasteiger partial charge in [-0.1, -0.05) is 13.3 Å². The molecule has 0 aliphatic carbocycles. The Morgan fingerprint density at radius 3 is 2.52 bits per heavy atom. The standard InChI is InChI=1S/C18H23F3N6.2ClH/c1-2-3-12-9-16(27-7-6-11(22)10-27)26-17(24-12)25-13-4-5-15(23)14(8-13)18(19,20)21;;/h4-5,8-9,11H,2-3,6-7,10,22-23H2,1H3,(H,24,25,26);2*1H/t11-;;/m0../s1. The highest BCUT2D eigenvalue weighted by atomic mass is 35.5. The van der Waals surface area contributed by atoms with Crippen LogP contribution in [-0.4, -0.2) is 29.1 Å². The molecule has 162 valence electrons. The largest absolute Gasteiger partial charge is 0.418 e. The average molecular weight is 453 g/mol. The van der Waals surface area contributed by atoms with Gasteiger partial charge in [-0.15, -0.1) is 24.8 Å². The molecule has 0 bridgehead atoms. The zero-order chi connectivity index (χ0) is 19.6. The minimum Gasteiger partial charge on any atom is -0.398 e. The maximum Gasteiger partial charge on any atom is 0.418 e. The van der Waals surface area contributed by atoms with Gasteiger partial charge in [-0.2, -0.15) is 18.2 Å². The molecule has 2 heterocycles. The summed E-state index contributed by atoms with van der Waals surface area (Å²) < 4.78 is 39.2. The van der Waals surface area contributed by atoms with E-state index < -0.39 is 11.7 Å². The van der Waals surface area contributed by atoms with Gasteiger partial charge in [0.05, 0.1) is 5.56 Å². The normalized spacial score (nSPS) is 16.2. The maximum atomic E-state index is 13.1. The van der Waals surface area contributed by atoms with Crippen LogP contribution in [0.3, 0.4) is 0 Å². The molecule has 0 unspecified atom stereocenters. The Kier molecular flexibility index (Phi) is 8.80. The van der Waals surface area contributed by atoms with Gasteiger partial charge in [-0.25, -0.2) is 4.98 Å². The van der Waals surface area contributed by atoms with Crippen LogP contribution in [0.5, 0.6) is 0 Å². The van der Waals surface area contributed by atoms with E-state index in [-0.39, 0.29) is 48.2 Å². The number of halogens is 5. The fraction of sp³-hybridized carbons (Fsp3) is 0.444. The molecule has 1 aromatic carbocycles. The maximum absolute atomic E-state index is 13.1. The Morgan fingerprint density at radius 1 is 1.21 bits per heavy atom. The highest BCUT2D eigenvalue weighted by molar-refractivity contribution is 5.85. The van der Waals surface area contributed by atoms with Crippen LogP contribution in [0.4, 0.5) is 36.3 Å². The highest BCUT2D eigenvalue weighted by Crippen LogP contribution is 2.35. The number of hydrogen-bond acceptors (Lipinski definition) is 6. The Morgan fingerprint density at radius 2 is 1.93 bits per heavy atom. The summed E-state index contributed by atoms with van der Waals surface area (Å²) in [6.07, 6.45) is -2.00. The van der Waals surface area contributed by atoms with Crippen LogP contribution in [0.2, 0.25) is 0 Å². The number of benzene rings is 1. The summed E-state index contributed by atoms with van der Waals surface area (Å²) in [5, 5.41) is 2.88. The van der Waals surface area contributed by atoms with Gasteiger partial charge in [-0.05, 0) is 31.0 Å². The van der Waals surface area contributed by atoms with E-state index >= 15 is 0 Å². The van der Waals surface area contributed by atoms with Crippen molar-refractivity contribution in [1.82, 2.24) is 9.97 Å². The first kappa shape index (κ1) is 25.1. The number of nitrogens with two attached hydrogens (primary N) is 2. The second-order valence-electron chi connectivity index (χ2n) is 6.71. The molecule has 0 radical (unpaired) electrons. The van der Waals surface area contributed by atoms with E-state index in [0.29, 0.717) is 6.54 Å². The fourth-order valence-electron chi connectivity index (χ4n) is 3.09. The summed E-state index contributed by atoms with van der Waals surface area (Å²) in [6, 6.07) is 5.68. The summed E-state index contributed by atoms with van der Waals surface area (Å²) in [5.41, 5.74) is 11.3. The molecule has 0 saturated carbocycles. The van der Waals surface area contributed by atoms with Crippen molar-refractivity contribution in [2.24, 2.45) is 5.73 Å². The third-order valence-electron chi connectivity index (χ3n) is 4.44. The van der Waals surface area contributed by atoms with Gasteiger partial charge < -0.3 is 21.7 Å². The van der Waals surface area contributed by atoms with Crippen LogP contribution < -0.4 is 21.7 Å². The Bertz CT molecular complexity index is 819. The molecule has 0 amide bonds. The Labute approximate surface area is 180 Å². The lowest BCUT2D eigenvalue weighted by atomic mass is 10.1. The molecule has 1 atom stereocenters. The van der Waals surface area contributed by atoms with Crippen molar-refractivity contribution < 1.29 is 13.2 Å². The second kappa shape index (κ2) is 10.2. The van der Waals surface area contributed by atoms with Crippen LogP contribution in [0, 0.1) is 0 Å². The molecule has 1 fully saturated rings. The monoisotopic (exact) mass is 452 g/mol. The number of aryl methyl sites for hydroxylation is 1. The van der Waals surface area contributed by atoms with Gasteiger partial charge in [0.1, 0.15) is 5.82 Å². The molecule has 1 aromatic heterocycles. The number of alkyl halides is 3. The second-order valence-corrected chi connectivity index (χ2v) is 6.71. The van der Waals surface area contributed by atoms with E-state index in [1.54, 1.807) is 0 Å². The SMILES string of the molecule is CCCc1cc(N2CC[C@H](N)C2)nc(Nc2ccc(N)c(C(F)(F)F)c2)n1.Cl.Cl. The number of anilines is 4. The van der Waals surface area contributed by atoms with Gasteiger partial charge in [-0.3, -0.25) is 0 Å². The molecule has 5 N–H and O–H groups in total. The summed E-state index contributed by atoms with van der Waals surface area (Å²) in [5.74, 6) is 0.990. The van der Waals surface area contributed by atoms with Gasteiger partial charge in [0.25, 0.3) is 0 Å². The summed E-state index contributed by atoms with van der Waals surface area (Å²) in [7, 11) is 0. The summed E-state index contributed by atoms with van der Waals surface area (Å²) >= 11 is 0. The van der Waals surface area contributed by atoms with E-state index in [2.05, 4.69) is 20.2 Å². The van der Waals surface area contributed by atoms with Crippen LogP contribution in [0.15, 0.2) is 24.3 Å². The number of rotatable bonds is 5. The quantitative estimate of drug-likeness (QED) is 0.589. The first-order valence-electron chi connectivity index (χ1n) is 8.88. The number of nitrogens with one attached hydrogen (secondary N) is 1. The molecule has 1 aliphatic heterocycles. The number of nitrogens with zero attached hydrogens (tertiary/aromatic N) is 3. The van der Waals surface area contributed by atoms with Crippen molar-refractivity contribution in [3.63, 3.8) is 0 Å². The lowest BCUT2D eigenvalue weighted by molar-refractivity contribution is -0.136. The van der Waals surface area contributed by atoms with Crippen LogP contribution >= 0.6 is 24.8 Å². The lowest BCUT2D eigenvalue weighted by Gasteiger charge is -2.19. The first-order valence-corrected chi connectivity index (χ1v) is 8.88. The molecule has 1 aliphatic rings. The number of nitrogen functional groups attached to an aromatic ring is 1. The summed E-state index contributed by atoms with van der Waals surface area (Å²) in [4.78, 5) is 11.0. The van der Waals surface area contributed by atoms with Gasteiger partial charge >= 0.3 is 6.18 Å². The minimum atomic E-state index is -4.52. The molecule has 1 saturated heterocycles. The van der Waals surface area contributed by atoms with Crippen LogP contribution in [0.1, 0.15) is 31.0 Å². The molecule has 11 heteroatoms. The molecule has 29 heavy (non-hydrogen) atoms. The van der Waals surface area contributed by atoms with Gasteiger partial charge in [0.15, 0.2) is 0 Å². The number of hydrogen-bond donors (Lipinski definition) is 3. The van der Waals surface area contributed by atoms with Crippen molar-refractivity contribution in [1.29, 1.82) is 0 Å². The van der Waals surface area contributed by atoms with E-state index in [1.807, 2.05) is 13.0 Å². The van der Waals surface area contributed by atoms with Gasteiger partial charge in [0, 0.05) is 42.3 Å². The zero-order valence-electron chi connectivity index (χ0n) is 15.9. The third kappa shape index (κ3) is 6.25. The van der Waals surface area contributed by atoms with Crippen molar-refractivity contribution in [3.8, 4) is 0 Å². The molecule has 0 spiro atoms. The predicted molar refractivity (Wildman–Crippen MR) is 114 cm³/mol. The summed E-state index contributed by atoms with van der Waals surface area (Å²) in [6.45, 7) is 3.53. The Hall–Kier alpha value is -1.97. The third-order valence-corrected chi connectivity index (χ3v) is 4.44. The minimum absolute atomic E-state index is 0. The fourth-order valence-corrected chi connectivity index (χ4v) is 3.09. The van der Waals surface area contributed by atoms with Crippen LogP contribution in [0.25, 0.3) is 0 Å². The van der Waals surface area contributed by atoms with Crippen molar-refractivity contribution in [2.45, 2.75) is 38.4 Å². The highest BCUT2D eigenvalue weighted by Gasteiger charge is 2.33. The van der Waals surface area contributed by atoms with E-state index in [9.17, 15) is 13.2 Å². The average Bonchev–Trinajstić information content (AvgIpc) is 3.02. The zero-order valence-corrected chi connectivity index (χ0v) is 17.5. The van der Waals surface area contributed by atoms with E-state index in [0.717, 1.165) is 43.4 Å².